The molecule has 0 aliphatic carbocycles. The predicted octanol–water partition coefficient (Wildman–Crippen LogP) is 3.17. The molecule has 0 saturated carbocycles. The van der Waals surface area contributed by atoms with Crippen LogP contribution >= 0.6 is 0 Å². The van der Waals surface area contributed by atoms with Crippen LogP contribution in [0.3, 0.4) is 0 Å². The lowest BCUT2D eigenvalue weighted by molar-refractivity contribution is 0.292. The van der Waals surface area contributed by atoms with Crippen molar-refractivity contribution in [2.45, 2.75) is 13.5 Å². The van der Waals surface area contributed by atoms with Crippen LogP contribution in [0.25, 0.3) is 11.0 Å². The summed E-state index contributed by atoms with van der Waals surface area (Å²) < 4.78 is 7.70. The van der Waals surface area contributed by atoms with E-state index in [4.69, 9.17) is 4.74 Å². The average molecular weight is 268 g/mol. The molecule has 0 spiro atoms. The number of hydrogen-bond donors (Lipinski definition) is 1. The third kappa shape index (κ3) is 2.32. The fraction of sp³-hybridized carbons (Fsp3) is 0.188. The first-order chi connectivity index (χ1) is 9.63. The number of phenols is 1. The molecule has 0 fully saturated rings. The number of phenolic OH excluding ortho intramolecular Hbond substituents is 1. The van der Waals surface area contributed by atoms with Crippen LogP contribution < -0.4 is 4.74 Å². The summed E-state index contributed by atoms with van der Waals surface area (Å²) >= 11 is 0. The molecule has 1 aromatic heterocycles. The molecule has 4 heteroatoms. The maximum atomic E-state index is 9.53. The molecule has 0 atom stereocenters. The number of aromatic nitrogens is 2. The Morgan fingerprint density at radius 3 is 2.85 bits per heavy atom. The fourth-order valence-electron chi connectivity index (χ4n) is 2.21. The smallest absolute Gasteiger partial charge is 0.147 e. The molecular weight excluding hydrogens is 252 g/mol. The van der Waals surface area contributed by atoms with Crippen molar-refractivity contribution >= 4 is 11.0 Å². The van der Waals surface area contributed by atoms with E-state index in [1.54, 1.807) is 18.2 Å². The van der Waals surface area contributed by atoms with E-state index in [0.717, 1.165) is 28.2 Å². The maximum absolute atomic E-state index is 9.53. The molecule has 0 aliphatic rings. The summed E-state index contributed by atoms with van der Waals surface area (Å²) in [5, 5.41) is 9.53. The third-order valence-electron chi connectivity index (χ3n) is 3.31. The SMILES string of the molecule is Cc1cccc(OCc2nc3ccc(O)cc3n2C)c1. The zero-order valence-electron chi connectivity index (χ0n) is 11.5. The minimum Gasteiger partial charge on any atom is -0.508 e. The Balaban J connectivity index is 1.86. The second-order valence-electron chi connectivity index (χ2n) is 4.87. The maximum Gasteiger partial charge on any atom is 0.147 e. The molecule has 0 saturated heterocycles. The molecule has 20 heavy (non-hydrogen) atoms. The Kier molecular flexibility index (Phi) is 3.06. The second kappa shape index (κ2) is 4.89. The van der Waals surface area contributed by atoms with Gasteiger partial charge in [0.1, 0.15) is 23.9 Å². The van der Waals surface area contributed by atoms with Gasteiger partial charge in [-0.15, -0.1) is 0 Å². The zero-order valence-corrected chi connectivity index (χ0v) is 11.5. The Hall–Kier alpha value is -2.49. The van der Waals surface area contributed by atoms with E-state index in [-0.39, 0.29) is 5.75 Å². The molecule has 0 aliphatic heterocycles. The van der Waals surface area contributed by atoms with Crippen molar-refractivity contribution in [2.24, 2.45) is 7.05 Å². The summed E-state index contributed by atoms with van der Waals surface area (Å²) in [5.41, 5.74) is 2.92. The Labute approximate surface area is 117 Å². The van der Waals surface area contributed by atoms with Crippen LogP contribution in [0.1, 0.15) is 11.4 Å². The van der Waals surface area contributed by atoms with Gasteiger partial charge in [0.05, 0.1) is 11.0 Å². The van der Waals surface area contributed by atoms with E-state index < -0.39 is 0 Å². The van der Waals surface area contributed by atoms with E-state index in [0.29, 0.717) is 6.61 Å². The first-order valence-corrected chi connectivity index (χ1v) is 6.47. The van der Waals surface area contributed by atoms with Gasteiger partial charge < -0.3 is 14.4 Å². The van der Waals surface area contributed by atoms with Crippen LogP contribution in [0.15, 0.2) is 42.5 Å². The number of aryl methyl sites for hydroxylation is 2. The van der Waals surface area contributed by atoms with Gasteiger partial charge in [0, 0.05) is 13.1 Å². The second-order valence-corrected chi connectivity index (χ2v) is 4.87. The van der Waals surface area contributed by atoms with Crippen LogP contribution in [0, 0.1) is 6.92 Å². The molecular formula is C16H16N2O2. The molecule has 0 unspecified atom stereocenters. The van der Waals surface area contributed by atoms with Gasteiger partial charge in [-0.25, -0.2) is 4.98 Å². The van der Waals surface area contributed by atoms with E-state index in [2.05, 4.69) is 4.98 Å². The van der Waals surface area contributed by atoms with E-state index >= 15 is 0 Å². The van der Waals surface area contributed by atoms with Crippen molar-refractivity contribution in [1.82, 2.24) is 9.55 Å². The highest BCUT2D eigenvalue weighted by Crippen LogP contribution is 2.21. The Morgan fingerprint density at radius 1 is 1.20 bits per heavy atom. The largest absolute Gasteiger partial charge is 0.508 e. The Morgan fingerprint density at radius 2 is 2.05 bits per heavy atom. The summed E-state index contributed by atoms with van der Waals surface area (Å²) in [5.74, 6) is 1.90. The van der Waals surface area contributed by atoms with Gasteiger partial charge >= 0.3 is 0 Å². The van der Waals surface area contributed by atoms with E-state index in [1.807, 2.05) is 42.8 Å². The van der Waals surface area contributed by atoms with E-state index in [1.165, 1.54) is 0 Å². The number of ether oxygens (including phenoxy) is 1. The van der Waals surface area contributed by atoms with Gasteiger partial charge in [0.2, 0.25) is 0 Å². The molecule has 0 bridgehead atoms. The lowest BCUT2D eigenvalue weighted by Crippen LogP contribution is -2.03. The predicted molar refractivity (Wildman–Crippen MR) is 77.9 cm³/mol. The van der Waals surface area contributed by atoms with Gasteiger partial charge in [-0.3, -0.25) is 0 Å². The molecule has 3 rings (SSSR count). The topological polar surface area (TPSA) is 47.3 Å². The van der Waals surface area contributed by atoms with Gasteiger partial charge in [-0.1, -0.05) is 12.1 Å². The Bertz CT molecular complexity index is 762. The van der Waals surface area contributed by atoms with Crippen LogP contribution in [-0.4, -0.2) is 14.7 Å². The highest BCUT2D eigenvalue weighted by atomic mass is 16.5. The van der Waals surface area contributed by atoms with Gasteiger partial charge in [-0.05, 0) is 36.8 Å². The lowest BCUT2D eigenvalue weighted by atomic mass is 10.2. The minimum atomic E-state index is 0.242. The van der Waals surface area contributed by atoms with Crippen molar-refractivity contribution in [3.8, 4) is 11.5 Å². The molecule has 102 valence electrons. The normalized spacial score (nSPS) is 10.9. The number of hydrogen-bond acceptors (Lipinski definition) is 3. The quantitative estimate of drug-likeness (QED) is 0.793. The van der Waals surface area contributed by atoms with Crippen LogP contribution in [0.5, 0.6) is 11.5 Å². The van der Waals surface area contributed by atoms with Crippen molar-refractivity contribution in [3.63, 3.8) is 0 Å². The summed E-state index contributed by atoms with van der Waals surface area (Å²) in [6.45, 7) is 2.43. The fourth-order valence-corrected chi connectivity index (χ4v) is 2.21. The summed E-state index contributed by atoms with van der Waals surface area (Å²) in [6.07, 6.45) is 0. The summed E-state index contributed by atoms with van der Waals surface area (Å²) in [6, 6.07) is 13.1. The molecule has 2 aromatic carbocycles. The van der Waals surface area contributed by atoms with Crippen LogP contribution in [-0.2, 0) is 13.7 Å². The average Bonchev–Trinajstić information content (AvgIpc) is 2.73. The molecule has 4 nitrogen and oxygen atoms in total. The van der Waals surface area contributed by atoms with Gasteiger partial charge in [-0.2, -0.15) is 0 Å². The number of aromatic hydroxyl groups is 1. The monoisotopic (exact) mass is 268 g/mol. The number of imidazole rings is 1. The molecule has 1 N–H and O–H groups in total. The lowest BCUT2D eigenvalue weighted by Gasteiger charge is -2.07. The first kappa shape index (κ1) is 12.5. The highest BCUT2D eigenvalue weighted by molar-refractivity contribution is 5.77. The zero-order chi connectivity index (χ0) is 14.1. The van der Waals surface area contributed by atoms with Gasteiger partial charge in [0.25, 0.3) is 0 Å². The van der Waals surface area contributed by atoms with Crippen molar-refractivity contribution < 1.29 is 9.84 Å². The standard InChI is InChI=1S/C16H16N2O2/c1-11-4-3-5-13(8-11)20-10-16-17-14-7-6-12(19)9-15(14)18(16)2/h3-9,19H,10H2,1-2H3. The molecule has 0 amide bonds. The molecule has 0 radical (unpaired) electrons. The van der Waals surface area contributed by atoms with Crippen molar-refractivity contribution in [1.29, 1.82) is 0 Å². The van der Waals surface area contributed by atoms with E-state index in [9.17, 15) is 5.11 Å². The number of nitrogens with zero attached hydrogens (tertiary/aromatic N) is 2. The van der Waals surface area contributed by atoms with Crippen LogP contribution in [0.2, 0.25) is 0 Å². The third-order valence-corrected chi connectivity index (χ3v) is 3.31. The van der Waals surface area contributed by atoms with Crippen LogP contribution in [0.4, 0.5) is 0 Å². The molecule has 3 aromatic rings. The summed E-state index contributed by atoms with van der Waals surface area (Å²) in [4.78, 5) is 4.52. The van der Waals surface area contributed by atoms with Crippen molar-refractivity contribution in [3.05, 3.63) is 53.9 Å². The number of rotatable bonds is 3. The summed E-state index contributed by atoms with van der Waals surface area (Å²) in [7, 11) is 1.92. The number of benzene rings is 2. The number of fused-ring (bicyclic) bond motifs is 1. The highest BCUT2D eigenvalue weighted by Gasteiger charge is 2.09. The molecule has 1 heterocycles. The first-order valence-electron chi connectivity index (χ1n) is 6.47. The van der Waals surface area contributed by atoms with Gasteiger partial charge in [0.15, 0.2) is 0 Å². The minimum absolute atomic E-state index is 0.242. The van der Waals surface area contributed by atoms with Crippen molar-refractivity contribution in [2.75, 3.05) is 0 Å².